The fourth-order valence-electron chi connectivity index (χ4n) is 0.761. The molecule has 0 aliphatic carbocycles. The predicted octanol–water partition coefficient (Wildman–Crippen LogP) is 0.670. The van der Waals surface area contributed by atoms with E-state index in [1.54, 1.807) is 0 Å². The van der Waals surface area contributed by atoms with E-state index in [2.05, 4.69) is 6.58 Å². The van der Waals surface area contributed by atoms with Gasteiger partial charge < -0.3 is 4.74 Å². The number of rotatable bonds is 6. The van der Waals surface area contributed by atoms with E-state index in [4.69, 9.17) is 4.74 Å². The molecule has 2 nitrogen and oxygen atoms in total. The van der Waals surface area contributed by atoms with Gasteiger partial charge in [0.2, 0.25) is 0 Å². The smallest absolute Gasteiger partial charge is 0.330 e. The summed E-state index contributed by atoms with van der Waals surface area (Å²) >= 11 is 0. The normalized spacial score (nSPS) is 9.45. The largest absolute Gasteiger partial charge is 0.463 e. The summed E-state index contributed by atoms with van der Waals surface area (Å²) in [6.45, 7) is 3.85. The van der Waals surface area contributed by atoms with Gasteiger partial charge in [0.05, 0.1) is 6.61 Å². The van der Waals surface area contributed by atoms with Crippen molar-refractivity contribution >= 4 is 16.2 Å². The second-order valence-electron chi connectivity index (χ2n) is 2.43. The van der Waals surface area contributed by atoms with Crippen LogP contribution in [0.15, 0.2) is 12.7 Å². The number of unbranched alkanes of at least 4 members (excludes halogenated alkanes) is 2. The van der Waals surface area contributed by atoms with Gasteiger partial charge in [0.15, 0.2) is 0 Å². The zero-order chi connectivity index (χ0) is 8.53. The van der Waals surface area contributed by atoms with Crippen molar-refractivity contribution in [1.82, 2.24) is 0 Å². The highest BCUT2D eigenvalue weighted by molar-refractivity contribution is 6.08. The van der Waals surface area contributed by atoms with E-state index in [1.165, 1.54) is 35.2 Å². The number of carbonyl (C=O) groups is 1. The molecule has 0 amide bonds. The number of hydrogen-bond donors (Lipinski definition) is 0. The SMILES string of the molecule is C=CC(=O)OCCCCC[SiH3]. The highest BCUT2D eigenvalue weighted by Crippen LogP contribution is 1.98. The van der Waals surface area contributed by atoms with Crippen molar-refractivity contribution in [2.45, 2.75) is 25.3 Å². The lowest BCUT2D eigenvalue weighted by atomic mass is 10.3. The van der Waals surface area contributed by atoms with E-state index in [-0.39, 0.29) is 5.97 Å². The lowest BCUT2D eigenvalue weighted by Gasteiger charge is -1.99. The predicted molar refractivity (Wildman–Crippen MR) is 49.8 cm³/mol. The van der Waals surface area contributed by atoms with Crippen LogP contribution in [0.1, 0.15) is 19.3 Å². The second kappa shape index (κ2) is 7.53. The van der Waals surface area contributed by atoms with Crippen LogP contribution in [0, 0.1) is 0 Å². The molecule has 11 heavy (non-hydrogen) atoms. The molecule has 0 spiro atoms. The highest BCUT2D eigenvalue weighted by Gasteiger charge is 1.93. The van der Waals surface area contributed by atoms with Crippen LogP contribution in [0.4, 0.5) is 0 Å². The van der Waals surface area contributed by atoms with Crippen LogP contribution >= 0.6 is 0 Å². The third-order valence-electron chi connectivity index (χ3n) is 1.41. The van der Waals surface area contributed by atoms with Crippen LogP contribution in [-0.4, -0.2) is 22.8 Å². The zero-order valence-corrected chi connectivity index (χ0v) is 9.14. The van der Waals surface area contributed by atoms with E-state index >= 15 is 0 Å². The van der Waals surface area contributed by atoms with E-state index in [9.17, 15) is 4.79 Å². The third kappa shape index (κ3) is 7.32. The molecular formula is C8H16O2Si. The number of carbonyl (C=O) groups excluding carboxylic acids is 1. The molecule has 0 radical (unpaired) electrons. The Balaban J connectivity index is 3.01. The van der Waals surface area contributed by atoms with Gasteiger partial charge in [0, 0.05) is 16.3 Å². The molecule has 0 unspecified atom stereocenters. The van der Waals surface area contributed by atoms with Gasteiger partial charge in [-0.2, -0.15) is 0 Å². The van der Waals surface area contributed by atoms with E-state index in [0.717, 1.165) is 6.42 Å². The minimum atomic E-state index is -0.309. The quantitative estimate of drug-likeness (QED) is 0.255. The molecule has 0 N–H and O–H groups in total. The summed E-state index contributed by atoms with van der Waals surface area (Å²) in [6.07, 6.45) is 4.64. The highest BCUT2D eigenvalue weighted by atomic mass is 28.1. The summed E-state index contributed by atoms with van der Waals surface area (Å²) in [5.74, 6) is -0.309. The maximum absolute atomic E-state index is 10.5. The fraction of sp³-hybridized carbons (Fsp3) is 0.625. The molecule has 0 fully saturated rings. The molecule has 0 rings (SSSR count). The van der Waals surface area contributed by atoms with E-state index < -0.39 is 0 Å². The van der Waals surface area contributed by atoms with Gasteiger partial charge >= 0.3 is 5.97 Å². The Morgan fingerprint density at radius 3 is 2.73 bits per heavy atom. The van der Waals surface area contributed by atoms with Crippen molar-refractivity contribution in [2.24, 2.45) is 0 Å². The Kier molecular flexibility index (Phi) is 7.14. The Morgan fingerprint density at radius 2 is 2.18 bits per heavy atom. The van der Waals surface area contributed by atoms with Gasteiger partial charge in [-0.25, -0.2) is 4.79 Å². The summed E-state index contributed by atoms with van der Waals surface area (Å²) in [5, 5.41) is 0. The molecule has 0 aromatic carbocycles. The first-order valence-corrected chi connectivity index (χ1v) is 5.52. The molecule has 0 bridgehead atoms. The topological polar surface area (TPSA) is 26.3 Å². The van der Waals surface area contributed by atoms with Crippen LogP contribution in [0.2, 0.25) is 6.04 Å². The van der Waals surface area contributed by atoms with Gasteiger partial charge in [-0.1, -0.05) is 25.5 Å². The first-order chi connectivity index (χ1) is 5.31. The third-order valence-corrected chi connectivity index (χ3v) is 2.12. The van der Waals surface area contributed by atoms with Crippen molar-refractivity contribution in [2.75, 3.05) is 6.61 Å². The Labute approximate surface area is 71.1 Å². The van der Waals surface area contributed by atoms with Crippen LogP contribution in [-0.2, 0) is 9.53 Å². The van der Waals surface area contributed by atoms with Crippen molar-refractivity contribution in [1.29, 1.82) is 0 Å². The van der Waals surface area contributed by atoms with Crippen LogP contribution < -0.4 is 0 Å². The first kappa shape index (κ1) is 10.4. The fourth-order valence-corrected chi connectivity index (χ4v) is 1.26. The number of ether oxygens (including phenoxy) is 1. The van der Waals surface area contributed by atoms with Crippen molar-refractivity contribution in [3.8, 4) is 0 Å². The molecule has 0 heterocycles. The van der Waals surface area contributed by atoms with Gasteiger partial charge in [-0.15, -0.1) is 0 Å². The van der Waals surface area contributed by atoms with Crippen molar-refractivity contribution in [3.63, 3.8) is 0 Å². The monoisotopic (exact) mass is 172 g/mol. The van der Waals surface area contributed by atoms with Crippen molar-refractivity contribution < 1.29 is 9.53 Å². The minimum Gasteiger partial charge on any atom is -0.463 e. The Hall–Kier alpha value is -0.573. The van der Waals surface area contributed by atoms with E-state index in [0.29, 0.717) is 6.61 Å². The summed E-state index contributed by atoms with van der Waals surface area (Å²) in [5.41, 5.74) is 0. The standard InChI is InChI=1S/C8H16O2Si/c1-2-8(9)10-6-4-3-5-7-11/h2H,1,3-7H2,11H3. The van der Waals surface area contributed by atoms with Crippen LogP contribution in [0.25, 0.3) is 0 Å². The van der Waals surface area contributed by atoms with E-state index in [1.807, 2.05) is 0 Å². The number of esters is 1. The molecule has 0 aliphatic rings. The second-order valence-corrected chi connectivity index (χ2v) is 3.43. The van der Waals surface area contributed by atoms with Crippen molar-refractivity contribution in [3.05, 3.63) is 12.7 Å². The maximum atomic E-state index is 10.5. The van der Waals surface area contributed by atoms with Gasteiger partial charge in [-0.3, -0.25) is 0 Å². The summed E-state index contributed by atoms with van der Waals surface area (Å²) in [6, 6.07) is 1.34. The Bertz CT molecular complexity index is 123. The molecule has 0 saturated heterocycles. The molecule has 0 aromatic rings. The molecule has 64 valence electrons. The number of hydrogen-bond acceptors (Lipinski definition) is 2. The molecule has 0 aliphatic heterocycles. The average molecular weight is 172 g/mol. The lowest BCUT2D eigenvalue weighted by Crippen LogP contribution is -2.01. The zero-order valence-electron chi connectivity index (χ0n) is 7.14. The molecule has 0 atom stereocenters. The average Bonchev–Trinajstić information content (AvgIpc) is 2.04. The van der Waals surface area contributed by atoms with Crippen LogP contribution in [0.5, 0.6) is 0 Å². The van der Waals surface area contributed by atoms with Gasteiger partial charge in [0.25, 0.3) is 0 Å². The lowest BCUT2D eigenvalue weighted by molar-refractivity contribution is -0.137. The maximum Gasteiger partial charge on any atom is 0.330 e. The Morgan fingerprint density at radius 1 is 1.45 bits per heavy atom. The first-order valence-electron chi connectivity index (χ1n) is 4.10. The minimum absolute atomic E-state index is 0.309. The van der Waals surface area contributed by atoms with Crippen LogP contribution in [0.3, 0.4) is 0 Å². The molecular weight excluding hydrogens is 156 g/mol. The van der Waals surface area contributed by atoms with Gasteiger partial charge in [0.1, 0.15) is 0 Å². The molecule has 0 saturated carbocycles. The summed E-state index contributed by atoms with van der Waals surface area (Å²) in [7, 11) is 1.28. The summed E-state index contributed by atoms with van der Waals surface area (Å²) < 4.78 is 4.79. The molecule has 3 heteroatoms. The molecule has 0 aromatic heterocycles. The summed E-state index contributed by atoms with van der Waals surface area (Å²) in [4.78, 5) is 10.5. The van der Waals surface area contributed by atoms with Gasteiger partial charge in [-0.05, 0) is 6.42 Å².